The fourth-order valence-electron chi connectivity index (χ4n) is 2.85. The van der Waals surface area contributed by atoms with Crippen LogP contribution in [0.15, 0.2) is 0 Å². The van der Waals surface area contributed by atoms with Gasteiger partial charge in [-0.2, -0.15) is 0 Å². The minimum atomic E-state index is -0.574. The zero-order valence-electron chi connectivity index (χ0n) is 10.5. The number of methoxy groups -OCH3 is 1. The Bertz CT molecular complexity index is 267. The van der Waals surface area contributed by atoms with Crippen molar-refractivity contribution >= 4 is 18.3 Å². The topological polar surface area (TPSA) is 55.6 Å². The molecule has 2 fully saturated rings. The second-order valence-electron chi connectivity index (χ2n) is 5.11. The molecule has 1 saturated heterocycles. The Hall–Kier alpha value is -0.320. The number of nitrogens with zero attached hydrogens (tertiary/aromatic N) is 1. The van der Waals surface area contributed by atoms with Gasteiger partial charge in [0.25, 0.3) is 0 Å². The lowest BCUT2D eigenvalue weighted by Gasteiger charge is -2.36. The number of hydrogen-bond donors (Lipinski definition) is 1. The summed E-state index contributed by atoms with van der Waals surface area (Å²) in [6, 6.07) is 0. The summed E-state index contributed by atoms with van der Waals surface area (Å²) in [5.74, 6) is 0.145. The molecule has 0 spiro atoms. The van der Waals surface area contributed by atoms with Crippen molar-refractivity contribution in [1.29, 1.82) is 0 Å². The predicted octanol–water partition coefficient (Wildman–Crippen LogP) is 1.32. The SMILES string of the molecule is COC1CCCN(C(=O)C2(N)CCCC2)C1.Cl. The highest BCUT2D eigenvalue weighted by Gasteiger charge is 2.40. The van der Waals surface area contributed by atoms with E-state index in [1.807, 2.05) is 4.90 Å². The zero-order valence-corrected chi connectivity index (χ0v) is 11.3. The van der Waals surface area contributed by atoms with E-state index in [1.165, 1.54) is 0 Å². The van der Waals surface area contributed by atoms with Gasteiger partial charge < -0.3 is 15.4 Å². The van der Waals surface area contributed by atoms with Crippen LogP contribution in [0.25, 0.3) is 0 Å². The second kappa shape index (κ2) is 6.03. The first-order valence-electron chi connectivity index (χ1n) is 6.27. The molecule has 0 aromatic carbocycles. The van der Waals surface area contributed by atoms with Crippen molar-refractivity contribution in [1.82, 2.24) is 4.90 Å². The summed E-state index contributed by atoms with van der Waals surface area (Å²) in [5, 5.41) is 0. The average Bonchev–Trinajstić information content (AvgIpc) is 2.76. The summed E-state index contributed by atoms with van der Waals surface area (Å²) in [4.78, 5) is 14.2. The van der Waals surface area contributed by atoms with Crippen LogP contribution in [0.4, 0.5) is 0 Å². The van der Waals surface area contributed by atoms with Gasteiger partial charge in [0.2, 0.25) is 5.91 Å². The van der Waals surface area contributed by atoms with Crippen LogP contribution in [0.1, 0.15) is 38.5 Å². The van der Waals surface area contributed by atoms with Crippen molar-refractivity contribution in [3.05, 3.63) is 0 Å². The van der Waals surface area contributed by atoms with Gasteiger partial charge in [-0.1, -0.05) is 12.8 Å². The third kappa shape index (κ3) is 3.12. The standard InChI is InChI=1S/C12H22N2O2.ClH/c1-16-10-5-4-8-14(9-10)11(15)12(13)6-2-3-7-12;/h10H,2-9,13H2,1H3;1H. The van der Waals surface area contributed by atoms with E-state index in [0.717, 1.165) is 45.1 Å². The zero-order chi connectivity index (χ0) is 11.6. The minimum Gasteiger partial charge on any atom is -0.380 e. The van der Waals surface area contributed by atoms with Gasteiger partial charge in [0, 0.05) is 20.2 Å². The molecule has 1 heterocycles. The molecule has 0 bridgehead atoms. The summed E-state index contributed by atoms with van der Waals surface area (Å²) < 4.78 is 5.33. The molecule has 5 heteroatoms. The number of halogens is 1. The number of nitrogens with two attached hydrogens (primary N) is 1. The van der Waals surface area contributed by atoms with Crippen LogP contribution in [-0.4, -0.2) is 42.6 Å². The molecule has 1 atom stereocenters. The van der Waals surface area contributed by atoms with Gasteiger partial charge >= 0.3 is 0 Å². The summed E-state index contributed by atoms with van der Waals surface area (Å²) in [7, 11) is 1.71. The number of ether oxygens (including phenoxy) is 1. The van der Waals surface area contributed by atoms with E-state index < -0.39 is 5.54 Å². The van der Waals surface area contributed by atoms with Gasteiger partial charge in [-0.05, 0) is 25.7 Å². The maximum Gasteiger partial charge on any atom is 0.242 e. The average molecular weight is 263 g/mol. The largest absolute Gasteiger partial charge is 0.380 e. The molecular formula is C12H23ClN2O2. The van der Waals surface area contributed by atoms with Gasteiger partial charge in [-0.25, -0.2) is 0 Å². The lowest BCUT2D eigenvalue weighted by molar-refractivity contribution is -0.140. The maximum atomic E-state index is 12.3. The molecule has 1 aliphatic heterocycles. The lowest BCUT2D eigenvalue weighted by atomic mass is 9.95. The highest BCUT2D eigenvalue weighted by molar-refractivity contribution is 5.86. The number of likely N-dealkylation sites (tertiary alicyclic amines) is 1. The van der Waals surface area contributed by atoms with E-state index >= 15 is 0 Å². The van der Waals surface area contributed by atoms with Crippen LogP contribution in [0.3, 0.4) is 0 Å². The molecule has 2 rings (SSSR count). The first-order chi connectivity index (χ1) is 7.65. The van der Waals surface area contributed by atoms with E-state index in [2.05, 4.69) is 0 Å². The van der Waals surface area contributed by atoms with Crippen molar-refractivity contribution in [3.63, 3.8) is 0 Å². The maximum absolute atomic E-state index is 12.3. The molecule has 0 aromatic heterocycles. The minimum absolute atomic E-state index is 0. The quantitative estimate of drug-likeness (QED) is 0.817. The van der Waals surface area contributed by atoms with E-state index in [0.29, 0.717) is 6.54 Å². The Labute approximate surface area is 109 Å². The van der Waals surface area contributed by atoms with Crippen LogP contribution in [0, 0.1) is 0 Å². The molecule has 2 N–H and O–H groups in total. The smallest absolute Gasteiger partial charge is 0.242 e. The number of carbonyl (C=O) groups excluding carboxylic acids is 1. The predicted molar refractivity (Wildman–Crippen MR) is 69.2 cm³/mol. The number of amides is 1. The number of piperidine rings is 1. The Morgan fingerprint density at radius 3 is 2.59 bits per heavy atom. The number of carbonyl (C=O) groups is 1. The number of rotatable bonds is 2. The summed E-state index contributed by atoms with van der Waals surface area (Å²) in [5.41, 5.74) is 5.61. The third-order valence-electron chi connectivity index (χ3n) is 3.92. The fraction of sp³-hybridized carbons (Fsp3) is 0.917. The molecule has 17 heavy (non-hydrogen) atoms. The lowest BCUT2D eigenvalue weighted by Crippen LogP contribution is -2.56. The van der Waals surface area contributed by atoms with E-state index in [1.54, 1.807) is 7.11 Å². The summed E-state index contributed by atoms with van der Waals surface area (Å²) in [6.45, 7) is 1.56. The van der Waals surface area contributed by atoms with Gasteiger partial charge in [0.1, 0.15) is 0 Å². The molecule has 4 nitrogen and oxygen atoms in total. The normalized spacial score (nSPS) is 27.6. The van der Waals surface area contributed by atoms with E-state index in [4.69, 9.17) is 10.5 Å². The molecule has 1 saturated carbocycles. The summed E-state index contributed by atoms with van der Waals surface area (Å²) in [6.07, 6.45) is 6.15. The van der Waals surface area contributed by atoms with E-state index in [-0.39, 0.29) is 24.4 Å². The molecule has 1 unspecified atom stereocenters. The van der Waals surface area contributed by atoms with Crippen molar-refractivity contribution in [2.75, 3.05) is 20.2 Å². The van der Waals surface area contributed by atoms with Crippen molar-refractivity contribution in [2.45, 2.75) is 50.2 Å². The van der Waals surface area contributed by atoms with E-state index in [9.17, 15) is 4.79 Å². The Morgan fingerprint density at radius 2 is 2.00 bits per heavy atom. The van der Waals surface area contributed by atoms with Crippen molar-refractivity contribution < 1.29 is 9.53 Å². The molecule has 0 radical (unpaired) electrons. The summed E-state index contributed by atoms with van der Waals surface area (Å²) >= 11 is 0. The fourth-order valence-corrected chi connectivity index (χ4v) is 2.85. The first-order valence-corrected chi connectivity index (χ1v) is 6.27. The van der Waals surface area contributed by atoms with Crippen molar-refractivity contribution in [2.24, 2.45) is 5.73 Å². The van der Waals surface area contributed by atoms with Gasteiger partial charge in [0.15, 0.2) is 0 Å². The Morgan fingerprint density at radius 1 is 1.35 bits per heavy atom. The second-order valence-corrected chi connectivity index (χ2v) is 5.11. The first kappa shape index (κ1) is 14.7. The highest BCUT2D eigenvalue weighted by Crippen LogP contribution is 2.30. The molecular weight excluding hydrogens is 240 g/mol. The molecule has 0 aromatic rings. The molecule has 2 aliphatic rings. The molecule has 1 amide bonds. The van der Waals surface area contributed by atoms with Crippen LogP contribution >= 0.6 is 12.4 Å². The van der Waals surface area contributed by atoms with Gasteiger partial charge in [-0.15, -0.1) is 12.4 Å². The van der Waals surface area contributed by atoms with Crippen LogP contribution < -0.4 is 5.73 Å². The Balaban J connectivity index is 0.00000144. The molecule has 1 aliphatic carbocycles. The third-order valence-corrected chi connectivity index (χ3v) is 3.92. The van der Waals surface area contributed by atoms with Crippen LogP contribution in [0.5, 0.6) is 0 Å². The van der Waals surface area contributed by atoms with Gasteiger partial charge in [-0.3, -0.25) is 4.79 Å². The van der Waals surface area contributed by atoms with Crippen LogP contribution in [-0.2, 0) is 9.53 Å². The molecule has 100 valence electrons. The monoisotopic (exact) mass is 262 g/mol. The number of hydrogen-bond acceptors (Lipinski definition) is 3. The highest BCUT2D eigenvalue weighted by atomic mass is 35.5. The van der Waals surface area contributed by atoms with Crippen molar-refractivity contribution in [3.8, 4) is 0 Å². The van der Waals surface area contributed by atoms with Gasteiger partial charge in [0.05, 0.1) is 11.6 Å². The van der Waals surface area contributed by atoms with Crippen LogP contribution in [0.2, 0.25) is 0 Å². The Kier molecular flexibility index (Phi) is 5.22.